The number of aromatic hydroxyl groups is 1. The van der Waals surface area contributed by atoms with E-state index in [4.69, 9.17) is 10.5 Å². The Balaban J connectivity index is 2.37. The fourth-order valence-corrected chi connectivity index (χ4v) is 1.66. The van der Waals surface area contributed by atoms with E-state index < -0.39 is 0 Å². The van der Waals surface area contributed by atoms with Gasteiger partial charge in [0.1, 0.15) is 23.4 Å². The summed E-state index contributed by atoms with van der Waals surface area (Å²) in [7, 11) is 0. The van der Waals surface area contributed by atoms with E-state index in [9.17, 15) is 5.11 Å². The summed E-state index contributed by atoms with van der Waals surface area (Å²) in [5.41, 5.74) is 7.44. The van der Waals surface area contributed by atoms with Gasteiger partial charge in [0.25, 0.3) is 0 Å². The molecule has 0 spiro atoms. The van der Waals surface area contributed by atoms with Gasteiger partial charge in [0.15, 0.2) is 0 Å². The van der Waals surface area contributed by atoms with Crippen LogP contribution in [0, 0.1) is 6.92 Å². The highest BCUT2D eigenvalue weighted by Crippen LogP contribution is 2.28. The van der Waals surface area contributed by atoms with Crippen molar-refractivity contribution >= 4 is 5.52 Å². The van der Waals surface area contributed by atoms with Crippen molar-refractivity contribution in [3.8, 4) is 11.6 Å². The van der Waals surface area contributed by atoms with Crippen molar-refractivity contribution in [1.82, 2.24) is 14.6 Å². The Labute approximate surface area is 116 Å². The molecule has 2 heterocycles. The molecule has 0 atom stereocenters. The highest BCUT2D eigenvalue weighted by Gasteiger charge is 2.13. The quantitative estimate of drug-likeness (QED) is 0.657. The standard InChI is InChI=1S/C14H16N4O2/c1-4-11(15)6-5-9(2)20-14-13-10(3)12(19)7-18(13)17-8-16-14/h4-8,19H,1,15H2,2-3H3/b9-5+,11-6+. The van der Waals surface area contributed by atoms with Crippen LogP contribution in [0.3, 0.4) is 0 Å². The molecule has 20 heavy (non-hydrogen) atoms. The number of hydrogen-bond donors (Lipinski definition) is 2. The summed E-state index contributed by atoms with van der Waals surface area (Å²) >= 11 is 0. The Kier molecular flexibility index (Phi) is 3.74. The number of hydrogen-bond acceptors (Lipinski definition) is 5. The first-order valence-electron chi connectivity index (χ1n) is 5.99. The van der Waals surface area contributed by atoms with Gasteiger partial charge in [-0.25, -0.2) is 4.52 Å². The normalized spacial score (nSPS) is 12.7. The first-order valence-corrected chi connectivity index (χ1v) is 5.99. The van der Waals surface area contributed by atoms with Gasteiger partial charge >= 0.3 is 0 Å². The van der Waals surface area contributed by atoms with Gasteiger partial charge in [0.2, 0.25) is 5.88 Å². The van der Waals surface area contributed by atoms with Crippen molar-refractivity contribution in [2.24, 2.45) is 5.73 Å². The van der Waals surface area contributed by atoms with Crippen LogP contribution in [0.1, 0.15) is 12.5 Å². The molecule has 6 heteroatoms. The maximum Gasteiger partial charge on any atom is 0.247 e. The van der Waals surface area contributed by atoms with Crippen LogP contribution >= 0.6 is 0 Å². The molecule has 0 unspecified atom stereocenters. The lowest BCUT2D eigenvalue weighted by molar-refractivity contribution is 0.411. The van der Waals surface area contributed by atoms with Crippen LogP contribution in [-0.4, -0.2) is 19.7 Å². The molecule has 0 fully saturated rings. The molecule has 0 aliphatic rings. The minimum Gasteiger partial charge on any atom is -0.506 e. The molecule has 0 saturated carbocycles. The van der Waals surface area contributed by atoms with Crippen molar-refractivity contribution in [2.45, 2.75) is 13.8 Å². The van der Waals surface area contributed by atoms with Gasteiger partial charge in [0.05, 0.1) is 6.20 Å². The average molecular weight is 272 g/mol. The third-order valence-corrected chi connectivity index (χ3v) is 2.77. The summed E-state index contributed by atoms with van der Waals surface area (Å²) in [6.07, 6.45) is 7.81. The zero-order valence-corrected chi connectivity index (χ0v) is 11.4. The summed E-state index contributed by atoms with van der Waals surface area (Å²) < 4.78 is 7.18. The van der Waals surface area contributed by atoms with Crippen LogP contribution in [0.25, 0.3) is 5.52 Å². The second kappa shape index (κ2) is 5.48. The molecule has 2 aromatic rings. The average Bonchev–Trinajstić information content (AvgIpc) is 2.72. The zero-order valence-electron chi connectivity index (χ0n) is 11.4. The predicted octanol–water partition coefficient (Wildman–Crippen LogP) is 2.05. The molecule has 0 radical (unpaired) electrons. The SMILES string of the molecule is C=C/C(N)=C\C=C(/C)Oc1ncnn2cc(O)c(C)c12. The molecule has 0 saturated heterocycles. The molecule has 3 N–H and O–H groups in total. The lowest BCUT2D eigenvalue weighted by atomic mass is 10.3. The summed E-state index contributed by atoms with van der Waals surface area (Å²) in [4.78, 5) is 4.09. The van der Waals surface area contributed by atoms with E-state index in [2.05, 4.69) is 16.7 Å². The number of aromatic nitrogens is 3. The molecule has 2 aromatic heterocycles. The Morgan fingerprint density at radius 2 is 2.25 bits per heavy atom. The van der Waals surface area contributed by atoms with Gasteiger partial charge in [-0.15, -0.1) is 0 Å². The van der Waals surface area contributed by atoms with E-state index >= 15 is 0 Å². The maximum atomic E-state index is 9.71. The largest absolute Gasteiger partial charge is 0.506 e. The summed E-state index contributed by atoms with van der Waals surface area (Å²) in [5, 5.41) is 13.7. The van der Waals surface area contributed by atoms with E-state index in [1.165, 1.54) is 17.0 Å². The van der Waals surface area contributed by atoms with Crippen molar-refractivity contribution < 1.29 is 9.84 Å². The van der Waals surface area contributed by atoms with Crippen LogP contribution in [0.15, 0.2) is 48.8 Å². The highest BCUT2D eigenvalue weighted by molar-refractivity contribution is 5.66. The third kappa shape index (κ3) is 2.64. The molecule has 104 valence electrons. The Morgan fingerprint density at radius 3 is 2.95 bits per heavy atom. The van der Waals surface area contributed by atoms with Crippen LogP contribution in [0.5, 0.6) is 11.6 Å². The van der Waals surface area contributed by atoms with Crippen LogP contribution in [0.4, 0.5) is 0 Å². The number of nitrogens with zero attached hydrogens (tertiary/aromatic N) is 3. The third-order valence-electron chi connectivity index (χ3n) is 2.77. The minimum atomic E-state index is 0.146. The van der Waals surface area contributed by atoms with Gasteiger partial charge in [-0.2, -0.15) is 10.1 Å². The van der Waals surface area contributed by atoms with E-state index in [0.29, 0.717) is 28.4 Å². The maximum absolute atomic E-state index is 9.71. The lowest BCUT2D eigenvalue weighted by Gasteiger charge is -2.06. The van der Waals surface area contributed by atoms with E-state index in [-0.39, 0.29) is 5.75 Å². The van der Waals surface area contributed by atoms with Crippen LogP contribution in [-0.2, 0) is 0 Å². The zero-order chi connectivity index (χ0) is 14.7. The fourth-order valence-electron chi connectivity index (χ4n) is 1.66. The molecule has 0 aliphatic carbocycles. The summed E-state index contributed by atoms with van der Waals surface area (Å²) in [6, 6.07) is 0. The molecule has 2 rings (SSSR count). The number of fused-ring (bicyclic) bond motifs is 1. The number of allylic oxidation sites excluding steroid dienone is 4. The van der Waals surface area contributed by atoms with E-state index in [0.717, 1.165) is 0 Å². The molecule has 0 aliphatic heterocycles. The van der Waals surface area contributed by atoms with Crippen molar-refractivity contribution in [2.75, 3.05) is 0 Å². The summed E-state index contributed by atoms with van der Waals surface area (Å²) in [5.74, 6) is 1.13. The molecule has 0 amide bonds. The summed E-state index contributed by atoms with van der Waals surface area (Å²) in [6.45, 7) is 7.12. The highest BCUT2D eigenvalue weighted by atomic mass is 16.5. The molecular formula is C14H16N4O2. The molecule has 6 nitrogen and oxygen atoms in total. The second-order valence-corrected chi connectivity index (χ2v) is 4.25. The Bertz CT molecular complexity index is 713. The fraction of sp³-hybridized carbons (Fsp3) is 0.143. The number of rotatable bonds is 4. The van der Waals surface area contributed by atoms with E-state index in [1.807, 2.05) is 0 Å². The van der Waals surface area contributed by atoms with E-state index in [1.54, 1.807) is 32.1 Å². The second-order valence-electron chi connectivity index (χ2n) is 4.25. The molecule has 0 bridgehead atoms. The van der Waals surface area contributed by atoms with Crippen molar-refractivity contribution in [3.05, 3.63) is 54.4 Å². The van der Waals surface area contributed by atoms with Gasteiger partial charge in [0, 0.05) is 11.3 Å². The van der Waals surface area contributed by atoms with Gasteiger partial charge in [-0.05, 0) is 32.1 Å². The van der Waals surface area contributed by atoms with Gasteiger partial charge < -0.3 is 15.6 Å². The molecule has 0 aromatic carbocycles. The minimum absolute atomic E-state index is 0.146. The first-order chi connectivity index (χ1) is 9.52. The predicted molar refractivity (Wildman–Crippen MR) is 76.2 cm³/mol. The van der Waals surface area contributed by atoms with Crippen LogP contribution < -0.4 is 10.5 Å². The lowest BCUT2D eigenvalue weighted by Crippen LogP contribution is -1.99. The number of nitrogens with two attached hydrogens (primary N) is 1. The molecular weight excluding hydrogens is 256 g/mol. The number of aryl methyl sites for hydroxylation is 1. The van der Waals surface area contributed by atoms with Gasteiger partial charge in [-0.3, -0.25) is 0 Å². The van der Waals surface area contributed by atoms with Crippen LogP contribution in [0.2, 0.25) is 0 Å². The topological polar surface area (TPSA) is 85.7 Å². The Morgan fingerprint density at radius 1 is 1.50 bits per heavy atom. The first kappa shape index (κ1) is 13.7. The smallest absolute Gasteiger partial charge is 0.247 e. The monoisotopic (exact) mass is 272 g/mol. The number of ether oxygens (including phenoxy) is 1. The van der Waals surface area contributed by atoms with Gasteiger partial charge in [-0.1, -0.05) is 6.58 Å². The Hall–Kier alpha value is -2.76. The van der Waals surface area contributed by atoms with Crippen molar-refractivity contribution in [3.63, 3.8) is 0 Å². The van der Waals surface area contributed by atoms with Crippen molar-refractivity contribution in [1.29, 1.82) is 0 Å².